The largest absolute Gasteiger partial charge is 0.444 e. The summed E-state index contributed by atoms with van der Waals surface area (Å²) in [4.78, 5) is 17.8. The Morgan fingerprint density at radius 3 is 2.75 bits per heavy atom. The van der Waals surface area contributed by atoms with E-state index in [9.17, 15) is 4.79 Å². The first-order valence-corrected chi connectivity index (χ1v) is 6.63. The first-order chi connectivity index (χ1) is 9.35. The Bertz CT molecular complexity index is 617. The van der Waals surface area contributed by atoms with E-state index in [-0.39, 0.29) is 6.09 Å². The SMILES string of the molecule is CN(Cc1ccc2ncccc2c1)C(=O)OC(C)(C)C. The normalized spacial score (nSPS) is 11.4. The van der Waals surface area contributed by atoms with Crippen LogP contribution in [0.1, 0.15) is 26.3 Å². The van der Waals surface area contributed by atoms with Crippen LogP contribution >= 0.6 is 0 Å². The van der Waals surface area contributed by atoms with Crippen LogP contribution < -0.4 is 0 Å². The molecule has 0 aliphatic heterocycles. The van der Waals surface area contributed by atoms with Crippen molar-refractivity contribution in [3.05, 3.63) is 42.1 Å². The number of amides is 1. The quantitative estimate of drug-likeness (QED) is 0.838. The number of carbonyl (C=O) groups is 1. The lowest BCUT2D eigenvalue weighted by Gasteiger charge is -2.24. The summed E-state index contributed by atoms with van der Waals surface area (Å²) in [5.74, 6) is 0. The molecule has 4 nitrogen and oxygen atoms in total. The van der Waals surface area contributed by atoms with Crippen molar-refractivity contribution in [1.29, 1.82) is 0 Å². The van der Waals surface area contributed by atoms with Crippen LogP contribution in [0.4, 0.5) is 4.79 Å². The maximum atomic E-state index is 11.9. The van der Waals surface area contributed by atoms with Gasteiger partial charge in [-0.3, -0.25) is 4.98 Å². The molecule has 1 aromatic heterocycles. The summed E-state index contributed by atoms with van der Waals surface area (Å²) >= 11 is 0. The van der Waals surface area contributed by atoms with Crippen LogP contribution in [0.5, 0.6) is 0 Å². The third kappa shape index (κ3) is 3.70. The highest BCUT2D eigenvalue weighted by Crippen LogP contribution is 2.16. The molecule has 0 saturated carbocycles. The Balaban J connectivity index is 2.09. The second-order valence-electron chi connectivity index (χ2n) is 5.87. The minimum absolute atomic E-state index is 0.316. The van der Waals surface area contributed by atoms with Gasteiger partial charge in [0, 0.05) is 25.2 Å². The molecule has 0 fully saturated rings. The molecule has 2 aromatic rings. The summed E-state index contributed by atoms with van der Waals surface area (Å²) in [7, 11) is 1.74. The number of nitrogens with zero attached hydrogens (tertiary/aromatic N) is 2. The fraction of sp³-hybridized carbons (Fsp3) is 0.375. The van der Waals surface area contributed by atoms with E-state index in [1.807, 2.05) is 51.1 Å². The molecule has 2 rings (SSSR count). The Hall–Kier alpha value is -2.10. The number of fused-ring (bicyclic) bond motifs is 1. The molecule has 0 unspecified atom stereocenters. The summed E-state index contributed by atoms with van der Waals surface area (Å²) in [5, 5.41) is 1.07. The van der Waals surface area contributed by atoms with Gasteiger partial charge in [0.05, 0.1) is 5.52 Å². The van der Waals surface area contributed by atoms with E-state index in [0.717, 1.165) is 16.5 Å². The topological polar surface area (TPSA) is 42.4 Å². The van der Waals surface area contributed by atoms with Crippen LogP contribution in [-0.4, -0.2) is 28.6 Å². The standard InChI is InChI=1S/C16H20N2O2/c1-16(2,3)20-15(19)18(4)11-12-7-8-14-13(10-12)6-5-9-17-14/h5-10H,11H2,1-4H3. The zero-order chi connectivity index (χ0) is 14.8. The van der Waals surface area contributed by atoms with Crippen LogP contribution in [0.15, 0.2) is 36.5 Å². The molecular formula is C16H20N2O2. The van der Waals surface area contributed by atoms with E-state index in [1.165, 1.54) is 0 Å². The fourth-order valence-corrected chi connectivity index (χ4v) is 1.90. The van der Waals surface area contributed by atoms with Crippen molar-refractivity contribution in [1.82, 2.24) is 9.88 Å². The number of ether oxygens (including phenoxy) is 1. The number of hydrogen-bond donors (Lipinski definition) is 0. The molecule has 0 N–H and O–H groups in total. The predicted molar refractivity (Wildman–Crippen MR) is 79.4 cm³/mol. The zero-order valence-corrected chi connectivity index (χ0v) is 12.4. The summed E-state index contributed by atoms with van der Waals surface area (Å²) in [6, 6.07) is 9.91. The summed E-state index contributed by atoms with van der Waals surface area (Å²) in [6.45, 7) is 6.10. The van der Waals surface area contributed by atoms with Crippen molar-refractivity contribution >= 4 is 17.0 Å². The summed E-state index contributed by atoms with van der Waals surface area (Å²) in [5.41, 5.74) is 1.54. The molecule has 0 spiro atoms. The maximum Gasteiger partial charge on any atom is 0.410 e. The van der Waals surface area contributed by atoms with Crippen molar-refractivity contribution in [2.45, 2.75) is 32.9 Å². The molecule has 1 heterocycles. The highest BCUT2D eigenvalue weighted by atomic mass is 16.6. The van der Waals surface area contributed by atoms with E-state index in [4.69, 9.17) is 4.74 Å². The van der Waals surface area contributed by atoms with Crippen molar-refractivity contribution in [3.8, 4) is 0 Å². The number of rotatable bonds is 2. The van der Waals surface area contributed by atoms with Crippen LogP contribution in [0.3, 0.4) is 0 Å². The Morgan fingerprint density at radius 2 is 2.05 bits per heavy atom. The van der Waals surface area contributed by atoms with Gasteiger partial charge in [0.1, 0.15) is 5.60 Å². The third-order valence-electron chi connectivity index (χ3n) is 2.79. The highest BCUT2D eigenvalue weighted by Gasteiger charge is 2.19. The number of aromatic nitrogens is 1. The van der Waals surface area contributed by atoms with Crippen molar-refractivity contribution < 1.29 is 9.53 Å². The summed E-state index contributed by atoms with van der Waals surface area (Å²) < 4.78 is 5.33. The number of pyridine rings is 1. The van der Waals surface area contributed by atoms with Gasteiger partial charge < -0.3 is 9.64 Å². The Morgan fingerprint density at radius 1 is 1.30 bits per heavy atom. The molecule has 20 heavy (non-hydrogen) atoms. The van der Waals surface area contributed by atoms with Gasteiger partial charge in [0.15, 0.2) is 0 Å². The first kappa shape index (κ1) is 14.3. The average Bonchev–Trinajstić information content (AvgIpc) is 2.36. The molecule has 0 aliphatic carbocycles. The number of benzene rings is 1. The number of hydrogen-bond acceptors (Lipinski definition) is 3. The Labute approximate surface area is 119 Å². The second kappa shape index (κ2) is 5.49. The van der Waals surface area contributed by atoms with Crippen molar-refractivity contribution in [2.75, 3.05) is 7.05 Å². The highest BCUT2D eigenvalue weighted by molar-refractivity contribution is 5.79. The molecular weight excluding hydrogens is 252 g/mol. The van der Waals surface area contributed by atoms with E-state index >= 15 is 0 Å². The number of carbonyl (C=O) groups excluding carboxylic acids is 1. The minimum Gasteiger partial charge on any atom is -0.444 e. The van der Waals surface area contributed by atoms with Crippen LogP contribution in [0, 0.1) is 0 Å². The predicted octanol–water partition coefficient (Wildman–Crippen LogP) is 3.60. The van der Waals surface area contributed by atoms with Gasteiger partial charge in [-0.15, -0.1) is 0 Å². The fourth-order valence-electron chi connectivity index (χ4n) is 1.90. The molecule has 0 aliphatic rings. The third-order valence-corrected chi connectivity index (χ3v) is 2.79. The van der Waals surface area contributed by atoms with E-state index in [2.05, 4.69) is 4.98 Å². The zero-order valence-electron chi connectivity index (χ0n) is 12.4. The van der Waals surface area contributed by atoms with E-state index < -0.39 is 5.60 Å². The van der Waals surface area contributed by atoms with Gasteiger partial charge in [-0.2, -0.15) is 0 Å². The van der Waals surface area contributed by atoms with Gasteiger partial charge in [0.2, 0.25) is 0 Å². The first-order valence-electron chi connectivity index (χ1n) is 6.63. The minimum atomic E-state index is -0.474. The van der Waals surface area contributed by atoms with Gasteiger partial charge in [-0.1, -0.05) is 12.1 Å². The van der Waals surface area contributed by atoms with Gasteiger partial charge in [-0.25, -0.2) is 4.79 Å². The molecule has 4 heteroatoms. The lowest BCUT2D eigenvalue weighted by atomic mass is 10.1. The van der Waals surface area contributed by atoms with Crippen LogP contribution in [0.25, 0.3) is 10.9 Å². The molecule has 1 aromatic carbocycles. The van der Waals surface area contributed by atoms with Gasteiger partial charge in [-0.05, 0) is 44.5 Å². The smallest absolute Gasteiger partial charge is 0.410 e. The lowest BCUT2D eigenvalue weighted by Crippen LogP contribution is -2.33. The molecule has 0 atom stereocenters. The van der Waals surface area contributed by atoms with Gasteiger partial charge in [0.25, 0.3) is 0 Å². The van der Waals surface area contributed by atoms with Crippen molar-refractivity contribution in [3.63, 3.8) is 0 Å². The molecule has 1 amide bonds. The molecule has 0 saturated heterocycles. The molecule has 0 radical (unpaired) electrons. The monoisotopic (exact) mass is 272 g/mol. The average molecular weight is 272 g/mol. The summed E-state index contributed by atoms with van der Waals surface area (Å²) in [6.07, 6.45) is 1.46. The second-order valence-corrected chi connectivity index (χ2v) is 5.87. The molecule has 0 bridgehead atoms. The molecule has 106 valence electrons. The Kier molecular flexibility index (Phi) is 3.93. The van der Waals surface area contributed by atoms with E-state index in [1.54, 1.807) is 18.1 Å². The van der Waals surface area contributed by atoms with Crippen molar-refractivity contribution in [2.24, 2.45) is 0 Å². The van der Waals surface area contributed by atoms with E-state index in [0.29, 0.717) is 6.54 Å². The van der Waals surface area contributed by atoms with Crippen LogP contribution in [0.2, 0.25) is 0 Å². The lowest BCUT2D eigenvalue weighted by molar-refractivity contribution is 0.0285. The maximum absolute atomic E-state index is 11.9. The van der Waals surface area contributed by atoms with Crippen LogP contribution in [-0.2, 0) is 11.3 Å². The van der Waals surface area contributed by atoms with Gasteiger partial charge >= 0.3 is 6.09 Å².